The van der Waals surface area contributed by atoms with Gasteiger partial charge in [0.1, 0.15) is 5.82 Å². The molecule has 1 heterocycles. The van der Waals surface area contributed by atoms with Gasteiger partial charge in [0.2, 0.25) is 0 Å². The normalized spacial score (nSPS) is 11.1. The number of anilines is 1. The van der Waals surface area contributed by atoms with Crippen LogP contribution in [0.25, 0.3) is 22.3 Å². The van der Waals surface area contributed by atoms with Crippen LogP contribution in [0, 0.1) is 5.82 Å². The van der Waals surface area contributed by atoms with E-state index in [-0.39, 0.29) is 11.6 Å². The molecule has 4 aromatic rings. The van der Waals surface area contributed by atoms with E-state index in [1.807, 2.05) is 24.3 Å². The van der Waals surface area contributed by atoms with Gasteiger partial charge < -0.3 is 9.84 Å². The van der Waals surface area contributed by atoms with Crippen LogP contribution in [-0.4, -0.2) is 28.4 Å². The molecule has 0 radical (unpaired) electrons. The van der Waals surface area contributed by atoms with Gasteiger partial charge in [0, 0.05) is 5.39 Å². The first-order valence-corrected chi connectivity index (χ1v) is 8.83. The van der Waals surface area contributed by atoms with E-state index in [1.54, 1.807) is 36.5 Å². The molecule has 0 saturated heterocycles. The maximum atomic E-state index is 14.2. The smallest absolute Gasteiger partial charge is 0.165 e. The second-order valence-corrected chi connectivity index (χ2v) is 6.19. The van der Waals surface area contributed by atoms with E-state index in [9.17, 15) is 9.50 Å². The number of phenols is 1. The van der Waals surface area contributed by atoms with Crippen molar-refractivity contribution < 1.29 is 14.2 Å². The monoisotopic (exact) mass is 388 g/mol. The molecule has 0 aliphatic carbocycles. The lowest BCUT2D eigenvalue weighted by atomic mass is 10.1. The molecule has 0 unspecified atom stereocenters. The summed E-state index contributed by atoms with van der Waals surface area (Å²) in [5.74, 6) is 0.729. The Labute approximate surface area is 166 Å². The molecule has 0 fully saturated rings. The van der Waals surface area contributed by atoms with Crippen molar-refractivity contribution in [2.75, 3.05) is 12.5 Å². The molecule has 0 spiro atoms. The van der Waals surface area contributed by atoms with Crippen molar-refractivity contribution in [1.82, 2.24) is 9.97 Å². The molecule has 4 rings (SSSR count). The second-order valence-electron chi connectivity index (χ2n) is 6.19. The largest absolute Gasteiger partial charge is 0.504 e. The molecule has 0 saturated carbocycles. The molecule has 0 aliphatic rings. The number of methoxy groups -OCH3 is 1. The number of para-hydroxylation sites is 1. The third-order valence-corrected chi connectivity index (χ3v) is 4.31. The highest BCUT2D eigenvalue weighted by Gasteiger charge is 2.12. The van der Waals surface area contributed by atoms with Crippen molar-refractivity contribution >= 4 is 22.9 Å². The van der Waals surface area contributed by atoms with Crippen LogP contribution in [0.5, 0.6) is 11.5 Å². The van der Waals surface area contributed by atoms with Gasteiger partial charge in [-0.3, -0.25) is 5.43 Å². The first-order valence-electron chi connectivity index (χ1n) is 8.83. The van der Waals surface area contributed by atoms with E-state index < -0.39 is 5.82 Å². The molecule has 144 valence electrons. The Morgan fingerprint density at radius 1 is 1.03 bits per heavy atom. The number of aromatic hydroxyl groups is 1. The van der Waals surface area contributed by atoms with Crippen LogP contribution in [0.4, 0.5) is 10.2 Å². The fourth-order valence-electron chi connectivity index (χ4n) is 2.87. The topological polar surface area (TPSA) is 79.6 Å². The first kappa shape index (κ1) is 18.4. The van der Waals surface area contributed by atoms with E-state index in [4.69, 9.17) is 4.74 Å². The molecule has 0 aliphatic heterocycles. The summed E-state index contributed by atoms with van der Waals surface area (Å²) < 4.78 is 19.3. The molecule has 29 heavy (non-hydrogen) atoms. The number of hydrazone groups is 1. The van der Waals surface area contributed by atoms with Crippen LogP contribution in [0.1, 0.15) is 5.56 Å². The van der Waals surface area contributed by atoms with Crippen LogP contribution in [-0.2, 0) is 0 Å². The Hall–Kier alpha value is -4.00. The lowest BCUT2D eigenvalue weighted by Crippen LogP contribution is -2.00. The van der Waals surface area contributed by atoms with E-state index in [1.165, 1.54) is 19.2 Å². The van der Waals surface area contributed by atoms with Gasteiger partial charge in [0.05, 0.1) is 24.4 Å². The molecule has 6 nitrogen and oxygen atoms in total. The summed E-state index contributed by atoms with van der Waals surface area (Å²) in [4.78, 5) is 8.95. The van der Waals surface area contributed by atoms with Gasteiger partial charge in [-0.1, -0.05) is 24.3 Å². The summed E-state index contributed by atoms with van der Waals surface area (Å²) in [5.41, 5.74) is 4.62. The van der Waals surface area contributed by atoms with E-state index in [2.05, 4.69) is 20.5 Å². The average Bonchev–Trinajstić information content (AvgIpc) is 2.75. The van der Waals surface area contributed by atoms with Crippen molar-refractivity contribution in [2.45, 2.75) is 0 Å². The van der Waals surface area contributed by atoms with Gasteiger partial charge in [0.25, 0.3) is 0 Å². The molecule has 1 aromatic heterocycles. The molecule has 2 N–H and O–H groups in total. The fourth-order valence-corrected chi connectivity index (χ4v) is 2.87. The van der Waals surface area contributed by atoms with Gasteiger partial charge in [-0.2, -0.15) is 5.10 Å². The van der Waals surface area contributed by atoms with Gasteiger partial charge in [-0.05, 0) is 48.0 Å². The molecule has 0 amide bonds. The summed E-state index contributed by atoms with van der Waals surface area (Å²) in [6.07, 6.45) is 1.57. The summed E-state index contributed by atoms with van der Waals surface area (Å²) >= 11 is 0. The quantitative estimate of drug-likeness (QED) is 0.386. The standard InChI is InChI=1S/C22H17FN4O2/c1-29-20-12-14(10-11-19(20)28)13-24-27-22-16-7-3-5-9-18(16)25-21(26-22)15-6-2-4-8-17(15)23/h2-13,28H,1H3,(H,25,26,27). The Morgan fingerprint density at radius 2 is 1.83 bits per heavy atom. The number of hydrogen-bond acceptors (Lipinski definition) is 6. The summed E-state index contributed by atoms with van der Waals surface area (Å²) in [6.45, 7) is 0. The highest BCUT2D eigenvalue weighted by Crippen LogP contribution is 2.27. The first-order chi connectivity index (χ1) is 14.2. The number of nitrogens with zero attached hydrogens (tertiary/aromatic N) is 3. The van der Waals surface area contributed by atoms with Crippen LogP contribution in [0.15, 0.2) is 71.8 Å². The van der Waals surface area contributed by atoms with Gasteiger partial charge in [0.15, 0.2) is 23.1 Å². The number of phenolic OH excluding ortho intramolecular Hbond substituents is 1. The maximum absolute atomic E-state index is 14.2. The molecule has 0 bridgehead atoms. The predicted octanol–water partition coefficient (Wildman–Crippen LogP) is 4.60. The fraction of sp³-hybridized carbons (Fsp3) is 0.0455. The zero-order valence-electron chi connectivity index (χ0n) is 15.5. The van der Waals surface area contributed by atoms with E-state index >= 15 is 0 Å². The molecule has 3 aromatic carbocycles. The van der Waals surface area contributed by atoms with Crippen molar-refractivity contribution in [1.29, 1.82) is 0 Å². The molecule has 0 atom stereocenters. The zero-order valence-corrected chi connectivity index (χ0v) is 15.5. The third kappa shape index (κ3) is 3.84. The molecule has 7 heteroatoms. The van der Waals surface area contributed by atoms with Gasteiger partial charge >= 0.3 is 0 Å². The molecular weight excluding hydrogens is 371 g/mol. The third-order valence-electron chi connectivity index (χ3n) is 4.31. The Kier molecular flexibility index (Phi) is 5.03. The second kappa shape index (κ2) is 7.93. The highest BCUT2D eigenvalue weighted by molar-refractivity contribution is 5.91. The number of nitrogens with one attached hydrogen (secondary N) is 1. The molecular formula is C22H17FN4O2. The average molecular weight is 388 g/mol. The van der Waals surface area contributed by atoms with Crippen LogP contribution in [0.2, 0.25) is 0 Å². The van der Waals surface area contributed by atoms with E-state index in [0.29, 0.717) is 22.6 Å². The Morgan fingerprint density at radius 3 is 2.66 bits per heavy atom. The van der Waals surface area contributed by atoms with Crippen LogP contribution in [0.3, 0.4) is 0 Å². The van der Waals surface area contributed by atoms with Gasteiger partial charge in [-0.25, -0.2) is 14.4 Å². The number of benzene rings is 3. The summed E-state index contributed by atoms with van der Waals surface area (Å²) in [6, 6.07) is 18.7. The number of aromatic nitrogens is 2. The van der Waals surface area contributed by atoms with Crippen LogP contribution >= 0.6 is 0 Å². The summed E-state index contributed by atoms with van der Waals surface area (Å²) in [5, 5.41) is 14.7. The minimum atomic E-state index is -0.395. The highest BCUT2D eigenvalue weighted by atomic mass is 19.1. The minimum absolute atomic E-state index is 0.0499. The van der Waals surface area contributed by atoms with Crippen molar-refractivity contribution in [3.8, 4) is 22.9 Å². The maximum Gasteiger partial charge on any atom is 0.165 e. The van der Waals surface area contributed by atoms with Crippen LogP contribution < -0.4 is 10.2 Å². The number of rotatable bonds is 5. The van der Waals surface area contributed by atoms with Crippen molar-refractivity contribution in [2.24, 2.45) is 5.10 Å². The summed E-state index contributed by atoms with van der Waals surface area (Å²) in [7, 11) is 1.48. The van der Waals surface area contributed by atoms with Gasteiger partial charge in [-0.15, -0.1) is 0 Å². The predicted molar refractivity (Wildman–Crippen MR) is 111 cm³/mol. The van der Waals surface area contributed by atoms with Crippen molar-refractivity contribution in [3.05, 3.63) is 78.1 Å². The lowest BCUT2D eigenvalue weighted by Gasteiger charge is -2.09. The number of fused-ring (bicyclic) bond motifs is 1. The Balaban J connectivity index is 1.70. The van der Waals surface area contributed by atoms with Crippen molar-refractivity contribution in [3.63, 3.8) is 0 Å². The number of ether oxygens (including phenoxy) is 1. The number of halogens is 1. The van der Waals surface area contributed by atoms with E-state index in [0.717, 1.165) is 10.9 Å². The number of hydrogen-bond donors (Lipinski definition) is 2. The lowest BCUT2D eigenvalue weighted by molar-refractivity contribution is 0.373. The SMILES string of the molecule is COc1cc(C=NNc2nc(-c3ccccc3F)nc3ccccc23)ccc1O. The minimum Gasteiger partial charge on any atom is -0.504 e. The zero-order chi connectivity index (χ0) is 20.2. The Bertz CT molecular complexity index is 1210.